The number of halogens is 1. The zero-order chi connectivity index (χ0) is 15.1. The van der Waals surface area contributed by atoms with Gasteiger partial charge in [0.1, 0.15) is 11.7 Å². The fraction of sp³-hybridized carbons (Fsp3) is 0.333. The third-order valence-corrected chi connectivity index (χ3v) is 4.62. The maximum atomic E-state index is 12.8. The van der Waals surface area contributed by atoms with Crippen molar-refractivity contribution in [2.75, 3.05) is 5.75 Å². The highest BCUT2D eigenvalue weighted by atomic mass is 32.2. The molecule has 2 N–H and O–H groups in total. The average Bonchev–Trinajstić information content (AvgIpc) is 2.93. The number of hydrogen-bond acceptors (Lipinski definition) is 4. The van der Waals surface area contributed by atoms with Crippen LogP contribution in [-0.4, -0.2) is 16.6 Å². The number of thioether (sulfide) groups is 1. The zero-order valence-corrected chi connectivity index (χ0v) is 13.5. The Bertz CT molecular complexity index is 593. The molecule has 1 aromatic carbocycles. The summed E-state index contributed by atoms with van der Waals surface area (Å²) in [5, 5.41) is 2.75. The molecule has 1 heterocycles. The molecule has 1 aromatic heterocycles. The first-order valence-electron chi connectivity index (χ1n) is 6.77. The van der Waals surface area contributed by atoms with E-state index in [1.165, 1.54) is 23.5 Å². The molecule has 0 saturated heterocycles. The first kappa shape index (κ1) is 16.0. The highest BCUT2D eigenvalue weighted by Crippen LogP contribution is 2.22. The summed E-state index contributed by atoms with van der Waals surface area (Å²) in [6.45, 7) is 1.97. The Morgan fingerprint density at radius 3 is 2.86 bits per heavy atom. The molecule has 2 rings (SSSR count). The molecule has 21 heavy (non-hydrogen) atoms. The Labute approximate surface area is 132 Å². The van der Waals surface area contributed by atoms with Gasteiger partial charge in [-0.15, -0.1) is 11.3 Å². The fourth-order valence-electron chi connectivity index (χ4n) is 1.63. The molecule has 0 spiro atoms. The van der Waals surface area contributed by atoms with E-state index in [1.54, 1.807) is 0 Å². The normalized spacial score (nSPS) is 11.8. The van der Waals surface area contributed by atoms with Gasteiger partial charge in [-0.25, -0.2) is 14.4 Å². The number of nitrogens with zero attached hydrogens (tertiary/aromatic N) is 2. The van der Waals surface area contributed by atoms with Gasteiger partial charge in [-0.1, -0.05) is 19.1 Å². The molecule has 112 valence electrons. The summed E-state index contributed by atoms with van der Waals surface area (Å²) in [6, 6.07) is 6.67. The van der Waals surface area contributed by atoms with Crippen LogP contribution in [0.3, 0.4) is 0 Å². The van der Waals surface area contributed by atoms with Crippen molar-refractivity contribution in [2.45, 2.75) is 25.5 Å². The molecule has 0 aliphatic heterocycles. The Morgan fingerprint density at radius 1 is 1.38 bits per heavy atom. The molecule has 2 aromatic rings. The second-order valence-corrected chi connectivity index (χ2v) is 6.45. The molecular formula is C15H18FN3S2. The van der Waals surface area contributed by atoms with Crippen LogP contribution >= 0.6 is 23.1 Å². The lowest BCUT2D eigenvalue weighted by molar-refractivity contribution is 0.627. The van der Waals surface area contributed by atoms with Gasteiger partial charge in [0.05, 0.1) is 5.69 Å². The van der Waals surface area contributed by atoms with Gasteiger partial charge in [0.15, 0.2) is 0 Å². The van der Waals surface area contributed by atoms with Crippen LogP contribution in [-0.2, 0) is 12.2 Å². The Hall–Kier alpha value is -1.40. The number of aromatic nitrogens is 1. The monoisotopic (exact) mass is 323 g/mol. The minimum Gasteiger partial charge on any atom is -0.387 e. The average molecular weight is 323 g/mol. The second kappa shape index (κ2) is 8.14. The Morgan fingerprint density at radius 2 is 2.14 bits per heavy atom. The minimum atomic E-state index is -0.187. The smallest absolute Gasteiger partial charge is 0.211 e. The Kier molecular flexibility index (Phi) is 6.20. The molecule has 0 aliphatic rings. The van der Waals surface area contributed by atoms with Crippen LogP contribution in [0.2, 0.25) is 0 Å². The first-order valence-corrected chi connectivity index (χ1v) is 8.80. The van der Waals surface area contributed by atoms with Crippen LogP contribution < -0.4 is 5.73 Å². The number of aryl methyl sites for hydroxylation is 1. The van der Waals surface area contributed by atoms with E-state index in [9.17, 15) is 4.39 Å². The number of hydrogen-bond donors (Lipinski definition) is 1. The fourth-order valence-corrected chi connectivity index (χ4v) is 3.34. The van der Waals surface area contributed by atoms with Crippen molar-refractivity contribution in [2.24, 2.45) is 10.7 Å². The van der Waals surface area contributed by atoms with Gasteiger partial charge in [0, 0.05) is 17.6 Å². The predicted octanol–water partition coefficient (Wildman–Crippen LogP) is 4.16. The molecule has 0 bridgehead atoms. The molecule has 0 aliphatic carbocycles. The number of amidine groups is 1. The van der Waals surface area contributed by atoms with E-state index < -0.39 is 0 Å². The van der Waals surface area contributed by atoms with Gasteiger partial charge in [-0.3, -0.25) is 0 Å². The maximum Gasteiger partial charge on any atom is 0.211 e. The topological polar surface area (TPSA) is 51.3 Å². The highest BCUT2D eigenvalue weighted by molar-refractivity contribution is 7.98. The predicted molar refractivity (Wildman–Crippen MR) is 90.0 cm³/mol. The molecule has 0 fully saturated rings. The second-order valence-electron chi connectivity index (χ2n) is 4.51. The van der Waals surface area contributed by atoms with Crippen molar-refractivity contribution in [3.8, 4) is 0 Å². The molecule has 0 amide bonds. The summed E-state index contributed by atoms with van der Waals surface area (Å²) in [6.07, 6.45) is 1.67. The SMILES string of the molecule is CC/C(N)=N\c1nc(CSCCc2ccc(F)cc2)cs1. The van der Waals surface area contributed by atoms with Gasteiger partial charge < -0.3 is 5.73 Å². The highest BCUT2D eigenvalue weighted by Gasteiger charge is 2.02. The molecular weight excluding hydrogens is 305 g/mol. The summed E-state index contributed by atoms with van der Waals surface area (Å²) in [7, 11) is 0. The van der Waals surface area contributed by atoms with E-state index in [4.69, 9.17) is 5.73 Å². The van der Waals surface area contributed by atoms with Crippen LogP contribution in [0, 0.1) is 5.82 Å². The lowest BCUT2D eigenvalue weighted by atomic mass is 10.2. The van der Waals surface area contributed by atoms with Crippen LogP contribution in [0.1, 0.15) is 24.6 Å². The van der Waals surface area contributed by atoms with Crippen molar-refractivity contribution in [1.29, 1.82) is 0 Å². The van der Waals surface area contributed by atoms with E-state index >= 15 is 0 Å². The summed E-state index contributed by atoms with van der Waals surface area (Å²) >= 11 is 3.33. The van der Waals surface area contributed by atoms with Crippen LogP contribution in [0.4, 0.5) is 9.52 Å². The van der Waals surface area contributed by atoms with E-state index in [-0.39, 0.29) is 5.82 Å². The van der Waals surface area contributed by atoms with E-state index in [2.05, 4.69) is 9.98 Å². The van der Waals surface area contributed by atoms with E-state index in [0.29, 0.717) is 5.84 Å². The van der Waals surface area contributed by atoms with Gasteiger partial charge in [0.2, 0.25) is 5.13 Å². The van der Waals surface area contributed by atoms with Gasteiger partial charge in [-0.05, 0) is 29.9 Å². The van der Waals surface area contributed by atoms with Crippen molar-refractivity contribution < 1.29 is 4.39 Å². The zero-order valence-electron chi connectivity index (χ0n) is 11.9. The molecule has 0 radical (unpaired) electrons. The largest absolute Gasteiger partial charge is 0.387 e. The summed E-state index contributed by atoms with van der Waals surface area (Å²) in [5.74, 6) is 2.27. The standard InChI is InChI=1S/C15H18FN3S2/c1-2-14(17)19-15-18-13(10-21-15)9-20-8-7-11-3-5-12(16)6-4-11/h3-6,10H,2,7-9H2,1H3,(H2,17,18,19). The summed E-state index contributed by atoms with van der Waals surface area (Å²) in [5.41, 5.74) is 7.89. The lowest BCUT2D eigenvalue weighted by Crippen LogP contribution is -2.08. The third kappa shape index (κ3) is 5.47. The number of thiazole rings is 1. The summed E-state index contributed by atoms with van der Waals surface area (Å²) in [4.78, 5) is 8.67. The maximum absolute atomic E-state index is 12.8. The van der Waals surface area contributed by atoms with E-state index in [1.807, 2.05) is 36.2 Å². The molecule has 6 heteroatoms. The third-order valence-electron chi connectivity index (χ3n) is 2.84. The van der Waals surface area contributed by atoms with Gasteiger partial charge in [-0.2, -0.15) is 11.8 Å². The number of rotatable bonds is 7. The lowest BCUT2D eigenvalue weighted by Gasteiger charge is -2.00. The van der Waals surface area contributed by atoms with Crippen molar-refractivity contribution in [3.05, 3.63) is 46.7 Å². The van der Waals surface area contributed by atoms with Gasteiger partial charge >= 0.3 is 0 Å². The number of aliphatic imine (C=N–C) groups is 1. The van der Waals surface area contributed by atoms with Crippen molar-refractivity contribution >= 4 is 34.1 Å². The van der Waals surface area contributed by atoms with Gasteiger partial charge in [0.25, 0.3) is 0 Å². The van der Waals surface area contributed by atoms with Crippen molar-refractivity contribution in [1.82, 2.24) is 4.98 Å². The number of benzene rings is 1. The minimum absolute atomic E-state index is 0.187. The van der Waals surface area contributed by atoms with Crippen LogP contribution in [0.15, 0.2) is 34.6 Å². The molecule has 0 atom stereocenters. The van der Waals surface area contributed by atoms with E-state index in [0.717, 1.165) is 40.7 Å². The van der Waals surface area contributed by atoms with Crippen LogP contribution in [0.5, 0.6) is 0 Å². The Balaban J connectivity index is 1.75. The molecule has 3 nitrogen and oxygen atoms in total. The van der Waals surface area contributed by atoms with Crippen molar-refractivity contribution in [3.63, 3.8) is 0 Å². The molecule has 0 saturated carbocycles. The first-order chi connectivity index (χ1) is 10.2. The summed E-state index contributed by atoms with van der Waals surface area (Å²) < 4.78 is 12.8. The number of nitrogens with two attached hydrogens (primary N) is 1. The quantitative estimate of drug-likeness (QED) is 0.473. The van der Waals surface area contributed by atoms with Crippen LogP contribution in [0.25, 0.3) is 0 Å². The molecule has 0 unspecified atom stereocenters.